The first kappa shape index (κ1) is 9.50. The molecule has 0 aliphatic carbocycles. The SMILES string of the molecule is O=P(=O)C(Cl)Cc1ccccc1. The molecular formula is C8H8ClO2P. The molecule has 64 valence electrons. The Balaban J connectivity index is 2.64. The van der Waals surface area contributed by atoms with E-state index < -0.39 is 12.8 Å². The van der Waals surface area contributed by atoms with Gasteiger partial charge in [-0.1, -0.05) is 30.3 Å². The van der Waals surface area contributed by atoms with Crippen LogP contribution in [0.25, 0.3) is 0 Å². The summed E-state index contributed by atoms with van der Waals surface area (Å²) in [4.78, 5) is 0. The summed E-state index contributed by atoms with van der Waals surface area (Å²) in [5, 5.41) is -0.789. The highest BCUT2D eigenvalue weighted by atomic mass is 35.5. The Morgan fingerprint density at radius 2 is 1.83 bits per heavy atom. The third-order valence-corrected chi connectivity index (χ3v) is 2.75. The Morgan fingerprint density at radius 3 is 2.33 bits per heavy atom. The van der Waals surface area contributed by atoms with Gasteiger partial charge in [-0.2, -0.15) is 0 Å². The van der Waals surface area contributed by atoms with Crippen molar-refractivity contribution >= 4 is 19.3 Å². The van der Waals surface area contributed by atoms with Crippen molar-refractivity contribution in [1.29, 1.82) is 0 Å². The molecule has 12 heavy (non-hydrogen) atoms. The second kappa shape index (κ2) is 4.44. The summed E-state index contributed by atoms with van der Waals surface area (Å²) in [5.74, 6) is 0. The second-order valence-electron chi connectivity index (χ2n) is 2.41. The molecule has 0 heterocycles. The average Bonchev–Trinajstić information content (AvgIpc) is 2.06. The van der Waals surface area contributed by atoms with E-state index in [4.69, 9.17) is 11.6 Å². The lowest BCUT2D eigenvalue weighted by Crippen LogP contribution is -1.94. The number of hydrogen-bond donors (Lipinski definition) is 0. The molecule has 0 bridgehead atoms. The van der Waals surface area contributed by atoms with E-state index in [0.717, 1.165) is 5.56 Å². The van der Waals surface area contributed by atoms with Crippen LogP contribution in [0.15, 0.2) is 30.3 Å². The van der Waals surface area contributed by atoms with Gasteiger partial charge in [0.1, 0.15) is 5.12 Å². The fraction of sp³-hybridized carbons (Fsp3) is 0.250. The first-order chi connectivity index (χ1) is 5.70. The fourth-order valence-electron chi connectivity index (χ4n) is 0.883. The van der Waals surface area contributed by atoms with Gasteiger partial charge in [-0.15, -0.1) is 11.6 Å². The van der Waals surface area contributed by atoms with Crippen molar-refractivity contribution in [1.82, 2.24) is 0 Å². The molecule has 4 heteroatoms. The first-order valence-electron chi connectivity index (χ1n) is 3.51. The molecule has 1 atom stereocenters. The van der Waals surface area contributed by atoms with E-state index in [0.29, 0.717) is 6.42 Å². The van der Waals surface area contributed by atoms with E-state index in [1.54, 1.807) is 0 Å². The summed E-state index contributed by atoms with van der Waals surface area (Å²) in [6.45, 7) is 0. The van der Waals surface area contributed by atoms with Crippen LogP contribution in [-0.2, 0) is 15.6 Å². The molecular weight excluding hydrogens is 195 g/mol. The molecule has 0 aliphatic rings. The van der Waals surface area contributed by atoms with Gasteiger partial charge in [0.05, 0.1) is 0 Å². The number of rotatable bonds is 3. The Morgan fingerprint density at radius 1 is 1.25 bits per heavy atom. The van der Waals surface area contributed by atoms with Crippen molar-refractivity contribution in [2.75, 3.05) is 0 Å². The van der Waals surface area contributed by atoms with Crippen molar-refractivity contribution in [3.8, 4) is 0 Å². The minimum Gasteiger partial charge on any atom is -0.236 e. The van der Waals surface area contributed by atoms with E-state index in [2.05, 4.69) is 0 Å². The molecule has 2 nitrogen and oxygen atoms in total. The number of benzene rings is 1. The number of hydrogen-bond acceptors (Lipinski definition) is 2. The Bertz CT molecular complexity index is 300. The zero-order valence-corrected chi connectivity index (χ0v) is 7.96. The van der Waals surface area contributed by atoms with Gasteiger partial charge in [-0.05, 0) is 5.56 Å². The van der Waals surface area contributed by atoms with Crippen LogP contribution < -0.4 is 0 Å². The number of alkyl halides is 1. The Hall–Kier alpha value is -0.590. The molecule has 1 unspecified atom stereocenters. The van der Waals surface area contributed by atoms with E-state index in [1.807, 2.05) is 30.3 Å². The molecule has 1 aromatic rings. The highest BCUT2D eigenvalue weighted by molar-refractivity contribution is 7.34. The summed E-state index contributed by atoms with van der Waals surface area (Å²) >= 11 is 5.55. The van der Waals surface area contributed by atoms with Gasteiger partial charge in [0.25, 0.3) is 0 Å². The van der Waals surface area contributed by atoms with Gasteiger partial charge in [0.15, 0.2) is 0 Å². The van der Waals surface area contributed by atoms with Crippen LogP contribution in [0.5, 0.6) is 0 Å². The van der Waals surface area contributed by atoms with Crippen molar-refractivity contribution < 1.29 is 9.13 Å². The molecule has 0 aliphatic heterocycles. The Labute approximate surface area is 76.4 Å². The topological polar surface area (TPSA) is 34.1 Å². The largest absolute Gasteiger partial charge is 0.334 e. The fourth-order valence-corrected chi connectivity index (χ4v) is 1.42. The normalized spacial score (nSPS) is 12.4. The van der Waals surface area contributed by atoms with Crippen LogP contribution in [-0.4, -0.2) is 5.12 Å². The van der Waals surface area contributed by atoms with Crippen molar-refractivity contribution in [3.63, 3.8) is 0 Å². The molecule has 0 spiro atoms. The lowest BCUT2D eigenvalue weighted by Gasteiger charge is -1.99. The molecule has 0 fully saturated rings. The third-order valence-electron chi connectivity index (χ3n) is 1.48. The maximum absolute atomic E-state index is 10.4. The second-order valence-corrected chi connectivity index (χ2v) is 4.43. The van der Waals surface area contributed by atoms with Gasteiger partial charge in [-0.25, -0.2) is 9.13 Å². The summed E-state index contributed by atoms with van der Waals surface area (Å²) < 4.78 is 20.8. The van der Waals surface area contributed by atoms with E-state index >= 15 is 0 Å². The molecule has 0 saturated heterocycles. The van der Waals surface area contributed by atoms with Gasteiger partial charge >= 0.3 is 7.68 Å². The molecule has 1 aromatic carbocycles. The maximum atomic E-state index is 10.4. The summed E-state index contributed by atoms with van der Waals surface area (Å²) in [6.07, 6.45) is 0.376. The van der Waals surface area contributed by atoms with Gasteiger partial charge < -0.3 is 0 Å². The van der Waals surface area contributed by atoms with Crippen LogP contribution >= 0.6 is 19.3 Å². The molecule has 0 amide bonds. The predicted octanol–water partition coefficient (Wildman–Crippen LogP) is 2.97. The molecule has 1 rings (SSSR count). The zero-order chi connectivity index (χ0) is 8.97. The van der Waals surface area contributed by atoms with E-state index in [1.165, 1.54) is 0 Å². The zero-order valence-electron chi connectivity index (χ0n) is 6.31. The van der Waals surface area contributed by atoms with E-state index in [-0.39, 0.29) is 0 Å². The quantitative estimate of drug-likeness (QED) is 0.558. The summed E-state index contributed by atoms with van der Waals surface area (Å²) in [7, 11) is -2.52. The predicted molar refractivity (Wildman–Crippen MR) is 48.1 cm³/mol. The average molecular weight is 203 g/mol. The van der Waals surface area contributed by atoms with Gasteiger partial charge in [0.2, 0.25) is 0 Å². The first-order valence-corrected chi connectivity index (χ1v) is 5.20. The highest BCUT2D eigenvalue weighted by Gasteiger charge is 2.10. The van der Waals surface area contributed by atoms with Crippen LogP contribution in [0.4, 0.5) is 0 Å². The minimum atomic E-state index is -2.52. The molecule has 0 radical (unpaired) electrons. The molecule has 0 aromatic heterocycles. The van der Waals surface area contributed by atoms with Crippen molar-refractivity contribution in [3.05, 3.63) is 35.9 Å². The van der Waals surface area contributed by atoms with Gasteiger partial charge in [-0.3, -0.25) is 0 Å². The maximum Gasteiger partial charge on any atom is 0.334 e. The van der Waals surface area contributed by atoms with Crippen LogP contribution in [0.2, 0.25) is 0 Å². The van der Waals surface area contributed by atoms with Gasteiger partial charge in [0, 0.05) is 6.42 Å². The van der Waals surface area contributed by atoms with E-state index in [9.17, 15) is 9.13 Å². The van der Waals surface area contributed by atoms with Crippen molar-refractivity contribution in [2.45, 2.75) is 11.5 Å². The minimum absolute atomic E-state index is 0.376. The number of halogens is 1. The van der Waals surface area contributed by atoms with Crippen molar-refractivity contribution in [2.24, 2.45) is 0 Å². The van der Waals surface area contributed by atoms with Crippen LogP contribution in [0.3, 0.4) is 0 Å². The summed E-state index contributed by atoms with van der Waals surface area (Å²) in [5.41, 5.74) is 0.941. The molecule has 0 N–H and O–H groups in total. The molecule has 0 saturated carbocycles. The Kier molecular flexibility index (Phi) is 3.51. The standard InChI is InChI=1S/C8H8ClO2P/c9-8(12(10)11)6-7-4-2-1-3-5-7/h1-5,8H,6H2. The lowest BCUT2D eigenvalue weighted by atomic mass is 10.2. The van der Waals surface area contributed by atoms with Crippen LogP contribution in [0, 0.1) is 0 Å². The monoisotopic (exact) mass is 202 g/mol. The van der Waals surface area contributed by atoms with Crippen LogP contribution in [0.1, 0.15) is 5.56 Å². The third kappa shape index (κ3) is 2.80. The highest BCUT2D eigenvalue weighted by Crippen LogP contribution is 2.22. The summed E-state index contributed by atoms with van der Waals surface area (Å²) in [6, 6.07) is 9.31. The lowest BCUT2D eigenvalue weighted by molar-refractivity contribution is 0.512. The smallest absolute Gasteiger partial charge is 0.236 e.